The van der Waals surface area contributed by atoms with Crippen molar-refractivity contribution in [3.63, 3.8) is 0 Å². The molecule has 0 N–H and O–H groups in total. The number of carbonyl (C=O) groups is 2. The highest BCUT2D eigenvalue weighted by atomic mass is 32.1. The summed E-state index contributed by atoms with van der Waals surface area (Å²) < 4.78 is 2.07. The van der Waals surface area contributed by atoms with Gasteiger partial charge in [-0.05, 0) is 68.6 Å². The molecule has 2 fully saturated rings. The third kappa shape index (κ3) is 4.22. The van der Waals surface area contributed by atoms with Crippen molar-refractivity contribution in [2.45, 2.75) is 52.1 Å². The molecule has 3 heterocycles. The average molecular weight is 501 g/mol. The summed E-state index contributed by atoms with van der Waals surface area (Å²) in [6, 6.07) is 16.0. The first-order valence-corrected chi connectivity index (χ1v) is 13.1. The molecule has 36 heavy (non-hydrogen) atoms. The van der Waals surface area contributed by atoms with Gasteiger partial charge in [0.25, 0.3) is 5.91 Å². The second-order valence-electron chi connectivity index (χ2n) is 9.66. The number of hydrogen-bond donors (Lipinski definition) is 0. The van der Waals surface area contributed by atoms with Crippen LogP contribution in [0.5, 0.6) is 0 Å². The number of nitrogens with zero attached hydrogens (tertiary/aromatic N) is 4. The van der Waals surface area contributed by atoms with E-state index in [4.69, 9.17) is 12.2 Å². The van der Waals surface area contributed by atoms with Gasteiger partial charge in [-0.15, -0.1) is 0 Å². The Morgan fingerprint density at radius 1 is 1.11 bits per heavy atom. The Morgan fingerprint density at radius 3 is 2.61 bits per heavy atom. The van der Waals surface area contributed by atoms with Crippen LogP contribution in [-0.2, 0) is 22.6 Å². The number of aryl methyl sites for hydroxylation is 1. The van der Waals surface area contributed by atoms with Gasteiger partial charge in [0.05, 0.1) is 11.2 Å². The summed E-state index contributed by atoms with van der Waals surface area (Å²) in [5, 5.41) is 1.48. The summed E-state index contributed by atoms with van der Waals surface area (Å²) in [7, 11) is 1.83. The van der Waals surface area contributed by atoms with E-state index in [0.29, 0.717) is 17.4 Å². The molecular weight excluding hydrogens is 468 g/mol. The SMILES string of the molecule is CCc1cccc2c(/C=C3/C(=O)N(c4ccccc4)C(=S)N3C)cn(CC(=O)N3CCCC[C@H]3C)c12. The van der Waals surface area contributed by atoms with Crippen LogP contribution in [0.1, 0.15) is 44.2 Å². The summed E-state index contributed by atoms with van der Waals surface area (Å²) in [6.45, 7) is 5.38. The largest absolute Gasteiger partial charge is 0.338 e. The topological polar surface area (TPSA) is 48.8 Å². The molecule has 2 saturated heterocycles. The number of carbonyl (C=O) groups excluding carboxylic acids is 2. The van der Waals surface area contributed by atoms with Crippen LogP contribution in [0.2, 0.25) is 0 Å². The van der Waals surface area contributed by atoms with Crippen LogP contribution in [-0.4, -0.2) is 50.9 Å². The van der Waals surface area contributed by atoms with E-state index >= 15 is 0 Å². The fourth-order valence-electron chi connectivity index (χ4n) is 5.40. The first-order chi connectivity index (χ1) is 17.4. The van der Waals surface area contributed by atoms with Crippen LogP contribution in [0.25, 0.3) is 17.0 Å². The van der Waals surface area contributed by atoms with Gasteiger partial charge in [-0.2, -0.15) is 0 Å². The molecule has 0 radical (unpaired) electrons. The van der Waals surface area contributed by atoms with Gasteiger partial charge < -0.3 is 14.4 Å². The number of piperidine rings is 1. The van der Waals surface area contributed by atoms with Crippen LogP contribution < -0.4 is 4.90 Å². The number of amides is 2. The number of likely N-dealkylation sites (N-methyl/N-ethyl adjacent to an activating group) is 1. The molecule has 0 unspecified atom stereocenters. The zero-order valence-electron chi connectivity index (χ0n) is 21.1. The maximum atomic E-state index is 13.5. The molecule has 0 bridgehead atoms. The minimum Gasteiger partial charge on any atom is -0.338 e. The first kappa shape index (κ1) is 24.3. The van der Waals surface area contributed by atoms with Crippen LogP contribution in [0, 0.1) is 0 Å². The second kappa shape index (κ2) is 9.90. The number of benzene rings is 2. The Labute approximate surface area is 217 Å². The van der Waals surface area contributed by atoms with Crippen molar-refractivity contribution in [3.8, 4) is 0 Å². The lowest BCUT2D eigenvalue weighted by molar-refractivity contribution is -0.135. The van der Waals surface area contributed by atoms with Gasteiger partial charge in [-0.25, -0.2) is 0 Å². The molecule has 5 rings (SSSR count). The van der Waals surface area contributed by atoms with Gasteiger partial charge in [0, 0.05) is 36.8 Å². The zero-order chi connectivity index (χ0) is 25.4. The maximum absolute atomic E-state index is 13.5. The number of fused-ring (bicyclic) bond motifs is 1. The van der Waals surface area contributed by atoms with Crippen molar-refractivity contribution in [2.75, 3.05) is 18.5 Å². The fraction of sp³-hybridized carbons (Fsp3) is 0.345. The van der Waals surface area contributed by atoms with E-state index in [2.05, 4.69) is 30.5 Å². The molecule has 0 saturated carbocycles. The van der Waals surface area contributed by atoms with E-state index in [9.17, 15) is 9.59 Å². The Morgan fingerprint density at radius 2 is 1.89 bits per heavy atom. The molecule has 7 heteroatoms. The van der Waals surface area contributed by atoms with E-state index < -0.39 is 0 Å². The number of thiocarbonyl (C=S) groups is 1. The van der Waals surface area contributed by atoms with Gasteiger partial charge in [0.2, 0.25) is 5.91 Å². The van der Waals surface area contributed by atoms with Gasteiger partial charge in [-0.3, -0.25) is 14.5 Å². The molecule has 0 aliphatic carbocycles. The number of likely N-dealkylation sites (tertiary alicyclic amines) is 1. The molecule has 2 amide bonds. The lowest BCUT2D eigenvalue weighted by Gasteiger charge is -2.33. The molecule has 186 valence electrons. The highest BCUT2D eigenvalue weighted by Crippen LogP contribution is 2.32. The quantitative estimate of drug-likeness (QED) is 0.357. The number of anilines is 1. The Bertz CT molecular complexity index is 1360. The molecule has 1 aromatic heterocycles. The summed E-state index contributed by atoms with van der Waals surface area (Å²) >= 11 is 5.63. The van der Waals surface area contributed by atoms with E-state index in [0.717, 1.165) is 48.0 Å². The lowest BCUT2D eigenvalue weighted by Crippen LogP contribution is -2.43. The second-order valence-corrected chi connectivity index (χ2v) is 10.0. The average Bonchev–Trinajstić information content (AvgIpc) is 3.34. The van der Waals surface area contributed by atoms with Crippen molar-refractivity contribution in [2.24, 2.45) is 0 Å². The highest BCUT2D eigenvalue weighted by molar-refractivity contribution is 7.80. The van der Waals surface area contributed by atoms with E-state index in [1.165, 1.54) is 12.0 Å². The Hall–Kier alpha value is -3.45. The molecular formula is C29H32N4O2S. The van der Waals surface area contributed by atoms with Crippen LogP contribution >= 0.6 is 12.2 Å². The molecule has 2 aromatic carbocycles. The van der Waals surface area contributed by atoms with Gasteiger partial charge in [0.15, 0.2) is 5.11 Å². The van der Waals surface area contributed by atoms with E-state index in [-0.39, 0.29) is 17.9 Å². The summed E-state index contributed by atoms with van der Waals surface area (Å²) in [4.78, 5) is 32.2. The lowest BCUT2D eigenvalue weighted by atomic mass is 10.0. The van der Waals surface area contributed by atoms with Crippen molar-refractivity contribution < 1.29 is 9.59 Å². The number of rotatable bonds is 5. The van der Waals surface area contributed by atoms with Gasteiger partial charge >= 0.3 is 0 Å². The first-order valence-electron chi connectivity index (χ1n) is 12.7. The monoisotopic (exact) mass is 500 g/mol. The van der Waals surface area contributed by atoms with Crippen molar-refractivity contribution in [1.29, 1.82) is 0 Å². The standard InChI is InChI=1S/C29H32N4O2S/c1-4-21-12-10-15-24-22(18-31(27(21)24)19-26(34)32-16-9-8-11-20(32)2)17-25-28(35)33(29(36)30(25)3)23-13-6-5-7-14-23/h5-7,10,12-15,17-18,20H,4,8-9,11,16,19H2,1-3H3/b25-17-/t20-/m1/s1. The number of hydrogen-bond acceptors (Lipinski definition) is 3. The molecule has 0 spiro atoms. The van der Waals surface area contributed by atoms with Crippen molar-refractivity contribution in [3.05, 3.63) is 71.6 Å². The van der Waals surface area contributed by atoms with Crippen LogP contribution in [0.4, 0.5) is 5.69 Å². The zero-order valence-corrected chi connectivity index (χ0v) is 21.9. The maximum Gasteiger partial charge on any atom is 0.281 e. The predicted octanol–water partition coefficient (Wildman–Crippen LogP) is 5.21. The van der Waals surface area contributed by atoms with Gasteiger partial charge in [-0.1, -0.05) is 43.3 Å². The van der Waals surface area contributed by atoms with Crippen molar-refractivity contribution in [1.82, 2.24) is 14.4 Å². The van der Waals surface area contributed by atoms with E-state index in [1.54, 1.807) is 9.80 Å². The summed E-state index contributed by atoms with van der Waals surface area (Å²) in [5.74, 6) is -0.00540. The minimum atomic E-state index is -0.153. The third-order valence-corrected chi connectivity index (χ3v) is 7.85. The third-order valence-electron chi connectivity index (χ3n) is 7.39. The number of aromatic nitrogens is 1. The van der Waals surface area contributed by atoms with Crippen LogP contribution in [0.3, 0.4) is 0 Å². The molecule has 2 aliphatic rings. The molecule has 6 nitrogen and oxygen atoms in total. The van der Waals surface area contributed by atoms with E-state index in [1.807, 2.05) is 60.6 Å². The molecule has 2 aliphatic heterocycles. The summed E-state index contributed by atoms with van der Waals surface area (Å²) in [5.41, 5.74) is 4.41. The normalized spacial score (nSPS) is 19.7. The molecule has 3 aromatic rings. The van der Waals surface area contributed by atoms with Crippen LogP contribution in [0.15, 0.2) is 60.4 Å². The Balaban J connectivity index is 1.55. The highest BCUT2D eigenvalue weighted by Gasteiger charge is 2.37. The minimum absolute atomic E-state index is 0.148. The number of para-hydroxylation sites is 2. The van der Waals surface area contributed by atoms with Gasteiger partial charge in [0.1, 0.15) is 12.2 Å². The summed E-state index contributed by atoms with van der Waals surface area (Å²) in [6.07, 6.45) is 8.08. The fourth-order valence-corrected chi connectivity index (χ4v) is 5.69. The molecule has 1 atom stereocenters. The Kier molecular flexibility index (Phi) is 6.67. The smallest absolute Gasteiger partial charge is 0.281 e. The van der Waals surface area contributed by atoms with Crippen molar-refractivity contribution >= 4 is 51.8 Å². The predicted molar refractivity (Wildman–Crippen MR) is 149 cm³/mol.